The molecule has 1 fully saturated rings. The molecule has 0 radical (unpaired) electrons. The lowest BCUT2D eigenvalue weighted by Gasteiger charge is -2.42. The van der Waals surface area contributed by atoms with Crippen LogP contribution in [0.2, 0.25) is 0 Å². The molecule has 1 saturated carbocycles. The van der Waals surface area contributed by atoms with E-state index in [9.17, 15) is 35.1 Å². The lowest BCUT2D eigenvalue weighted by Crippen LogP contribution is -2.66. The molecule has 2 rings (SSSR count). The summed E-state index contributed by atoms with van der Waals surface area (Å²) in [6.07, 6.45) is -11.2. The first-order valence-electron chi connectivity index (χ1n) is 5.25. The summed E-state index contributed by atoms with van der Waals surface area (Å²) in [7, 11) is 0. The molecule has 0 aromatic carbocycles. The molecule has 2 aliphatic carbocycles. The first kappa shape index (κ1) is 14.5. The third-order valence-corrected chi connectivity index (χ3v) is 3.77. The first-order chi connectivity index (χ1) is 8.33. The van der Waals surface area contributed by atoms with Gasteiger partial charge in [-0.05, 0) is 12.3 Å². The topological polar surface area (TPSA) is 20.2 Å². The maximum Gasteiger partial charge on any atom is 0.426 e. The molecule has 0 aromatic heterocycles. The minimum absolute atomic E-state index is 0.522. The van der Waals surface area contributed by atoms with Crippen LogP contribution in [0.5, 0.6) is 0 Å². The molecular formula is C10H8F8O. The average molecular weight is 296 g/mol. The summed E-state index contributed by atoms with van der Waals surface area (Å²) >= 11 is 0. The van der Waals surface area contributed by atoms with E-state index in [1.807, 2.05) is 0 Å². The fourth-order valence-electron chi connectivity index (χ4n) is 2.88. The number of rotatable bonds is 1. The van der Waals surface area contributed by atoms with Crippen LogP contribution >= 0.6 is 0 Å². The van der Waals surface area contributed by atoms with Gasteiger partial charge in [-0.2, -0.15) is 26.3 Å². The quantitative estimate of drug-likeness (QED) is 0.581. The second-order valence-corrected chi connectivity index (χ2v) is 4.81. The fraction of sp³-hybridized carbons (Fsp3) is 0.800. The van der Waals surface area contributed by atoms with E-state index in [1.165, 1.54) is 0 Å². The van der Waals surface area contributed by atoms with Gasteiger partial charge in [-0.15, -0.1) is 0 Å². The summed E-state index contributed by atoms with van der Waals surface area (Å²) in [6.45, 7) is 0. The van der Waals surface area contributed by atoms with Gasteiger partial charge in [0.05, 0.1) is 5.92 Å². The zero-order valence-corrected chi connectivity index (χ0v) is 9.06. The highest BCUT2D eigenvalue weighted by molar-refractivity contribution is 5.23. The maximum atomic E-state index is 13.6. The SMILES string of the molecule is OC(C1C2C=CC(C2)C1(F)F)(C(F)(F)F)C(F)(F)F. The molecule has 1 N–H and O–H groups in total. The summed E-state index contributed by atoms with van der Waals surface area (Å²) in [5, 5.41) is 9.08. The molecule has 19 heavy (non-hydrogen) atoms. The summed E-state index contributed by atoms with van der Waals surface area (Å²) < 4.78 is 103. The van der Waals surface area contributed by atoms with Gasteiger partial charge in [0.15, 0.2) is 0 Å². The highest BCUT2D eigenvalue weighted by Crippen LogP contribution is 2.63. The van der Waals surface area contributed by atoms with Crippen molar-refractivity contribution in [3.63, 3.8) is 0 Å². The minimum atomic E-state index is -6.22. The number of halogens is 8. The van der Waals surface area contributed by atoms with Crippen molar-refractivity contribution in [1.82, 2.24) is 0 Å². The van der Waals surface area contributed by atoms with Gasteiger partial charge in [-0.3, -0.25) is 0 Å². The standard InChI is InChI=1S/C10H8F8O/c11-7(12)5-2-1-4(3-5)6(7)8(19,9(13,14)15)10(16,17)18/h1-2,4-6,19H,3H2. The molecule has 0 aromatic rings. The Balaban J connectivity index is 2.56. The molecule has 0 aliphatic heterocycles. The van der Waals surface area contributed by atoms with Crippen molar-refractivity contribution in [1.29, 1.82) is 0 Å². The van der Waals surface area contributed by atoms with Crippen molar-refractivity contribution < 1.29 is 40.2 Å². The van der Waals surface area contributed by atoms with Crippen molar-refractivity contribution in [3.05, 3.63) is 12.2 Å². The Kier molecular flexibility index (Phi) is 2.77. The van der Waals surface area contributed by atoms with Gasteiger partial charge in [0, 0.05) is 5.92 Å². The van der Waals surface area contributed by atoms with E-state index in [0.717, 1.165) is 12.2 Å². The summed E-state index contributed by atoms with van der Waals surface area (Å²) in [4.78, 5) is 0. The molecule has 2 aliphatic rings. The van der Waals surface area contributed by atoms with Crippen molar-refractivity contribution in [2.24, 2.45) is 17.8 Å². The Hall–Kier alpha value is -0.860. The van der Waals surface area contributed by atoms with Gasteiger partial charge in [0.1, 0.15) is 0 Å². The number of alkyl halides is 8. The predicted octanol–water partition coefficient (Wildman–Crippen LogP) is 3.30. The van der Waals surface area contributed by atoms with Crippen molar-refractivity contribution >= 4 is 0 Å². The highest BCUT2D eigenvalue weighted by atomic mass is 19.4. The molecule has 0 spiro atoms. The van der Waals surface area contributed by atoms with Gasteiger partial charge in [0.2, 0.25) is 0 Å². The Morgan fingerprint density at radius 3 is 1.74 bits per heavy atom. The zero-order chi connectivity index (χ0) is 14.9. The second kappa shape index (κ2) is 3.62. The third-order valence-electron chi connectivity index (χ3n) is 3.77. The first-order valence-corrected chi connectivity index (χ1v) is 5.25. The molecular weight excluding hydrogens is 288 g/mol. The minimum Gasteiger partial charge on any atom is -0.373 e. The number of aliphatic hydroxyl groups is 1. The van der Waals surface area contributed by atoms with Crippen molar-refractivity contribution in [2.75, 3.05) is 0 Å². The van der Waals surface area contributed by atoms with E-state index >= 15 is 0 Å². The zero-order valence-electron chi connectivity index (χ0n) is 9.06. The number of fused-ring (bicyclic) bond motifs is 2. The lowest BCUT2D eigenvalue weighted by molar-refractivity contribution is -0.402. The predicted molar refractivity (Wildman–Crippen MR) is 46.2 cm³/mol. The van der Waals surface area contributed by atoms with Gasteiger partial charge < -0.3 is 5.11 Å². The van der Waals surface area contributed by atoms with Gasteiger partial charge >= 0.3 is 12.4 Å². The third kappa shape index (κ3) is 1.70. The van der Waals surface area contributed by atoms with Crippen molar-refractivity contribution in [3.8, 4) is 0 Å². The smallest absolute Gasteiger partial charge is 0.373 e. The van der Waals surface area contributed by atoms with E-state index in [4.69, 9.17) is 5.11 Å². The molecule has 0 saturated heterocycles. The molecule has 0 heterocycles. The molecule has 1 nitrogen and oxygen atoms in total. The number of hydrogen-bond donors (Lipinski definition) is 1. The average Bonchev–Trinajstić information content (AvgIpc) is 2.70. The Bertz CT molecular complexity index is 393. The fourth-order valence-corrected chi connectivity index (χ4v) is 2.88. The van der Waals surface area contributed by atoms with Crippen LogP contribution in [-0.2, 0) is 0 Å². The normalized spacial score (nSPS) is 34.1. The van der Waals surface area contributed by atoms with E-state index in [2.05, 4.69) is 0 Å². The monoisotopic (exact) mass is 296 g/mol. The van der Waals surface area contributed by atoms with Crippen LogP contribution in [0.1, 0.15) is 6.42 Å². The van der Waals surface area contributed by atoms with Crippen LogP contribution in [0.3, 0.4) is 0 Å². The number of allylic oxidation sites excluding steroid dienone is 2. The van der Waals surface area contributed by atoms with Crippen LogP contribution in [0.25, 0.3) is 0 Å². The van der Waals surface area contributed by atoms with Crippen LogP contribution in [0.15, 0.2) is 12.2 Å². The van der Waals surface area contributed by atoms with E-state index in [1.54, 1.807) is 0 Å². The van der Waals surface area contributed by atoms with E-state index in [-0.39, 0.29) is 0 Å². The largest absolute Gasteiger partial charge is 0.426 e. The highest BCUT2D eigenvalue weighted by Gasteiger charge is 2.81. The molecule has 2 bridgehead atoms. The summed E-state index contributed by atoms with van der Waals surface area (Å²) in [5.74, 6) is -10.8. The summed E-state index contributed by atoms with van der Waals surface area (Å²) in [6, 6.07) is 0. The maximum absolute atomic E-state index is 13.6. The lowest BCUT2D eigenvalue weighted by atomic mass is 9.75. The van der Waals surface area contributed by atoms with Crippen LogP contribution in [0.4, 0.5) is 35.1 Å². The van der Waals surface area contributed by atoms with Gasteiger partial charge in [-0.25, -0.2) is 8.78 Å². The van der Waals surface area contributed by atoms with Crippen molar-refractivity contribution in [2.45, 2.75) is 30.3 Å². The number of hydrogen-bond acceptors (Lipinski definition) is 1. The Labute approximate surface area is 101 Å². The molecule has 0 amide bonds. The van der Waals surface area contributed by atoms with Gasteiger partial charge in [-0.1, -0.05) is 12.2 Å². The van der Waals surface area contributed by atoms with Crippen LogP contribution in [-0.4, -0.2) is 29.0 Å². The molecule has 9 heteroatoms. The Morgan fingerprint density at radius 1 is 0.947 bits per heavy atom. The molecule has 3 unspecified atom stereocenters. The van der Waals surface area contributed by atoms with Crippen LogP contribution < -0.4 is 0 Å². The van der Waals surface area contributed by atoms with Gasteiger partial charge in [0.25, 0.3) is 11.5 Å². The molecule has 110 valence electrons. The Morgan fingerprint density at radius 2 is 1.42 bits per heavy atom. The van der Waals surface area contributed by atoms with E-state index in [0.29, 0.717) is 0 Å². The molecule has 3 atom stereocenters. The second-order valence-electron chi connectivity index (χ2n) is 4.81. The van der Waals surface area contributed by atoms with Crippen LogP contribution in [0, 0.1) is 17.8 Å². The summed E-state index contributed by atoms with van der Waals surface area (Å²) in [5.41, 5.74) is -5.41. The van der Waals surface area contributed by atoms with E-state index < -0.39 is 48.1 Å².